The van der Waals surface area contributed by atoms with Gasteiger partial charge in [0.2, 0.25) is 0 Å². The van der Waals surface area contributed by atoms with Gasteiger partial charge in [-0.2, -0.15) is 5.10 Å². The fraction of sp³-hybridized carbons (Fsp3) is 0.381. The maximum atomic E-state index is 11.2. The summed E-state index contributed by atoms with van der Waals surface area (Å²) < 4.78 is 1.54. The highest BCUT2D eigenvalue weighted by atomic mass is 16.4. The lowest BCUT2D eigenvalue weighted by molar-refractivity contribution is 0.0698. The number of hydrogen-bond acceptors (Lipinski definition) is 4. The van der Waals surface area contributed by atoms with Crippen molar-refractivity contribution in [3.8, 4) is 0 Å². The molecule has 0 spiro atoms. The van der Waals surface area contributed by atoms with E-state index in [1.54, 1.807) is 10.7 Å². The zero-order chi connectivity index (χ0) is 19.2. The largest absolute Gasteiger partial charge is 0.477 e. The molecule has 0 saturated heterocycles. The molecule has 2 aromatic heterocycles. The first kappa shape index (κ1) is 17.7. The summed E-state index contributed by atoms with van der Waals surface area (Å²) in [5.41, 5.74) is 3.35. The van der Waals surface area contributed by atoms with Gasteiger partial charge >= 0.3 is 5.97 Å². The van der Waals surface area contributed by atoms with Gasteiger partial charge in [-0.25, -0.2) is 14.3 Å². The van der Waals surface area contributed by atoms with E-state index in [9.17, 15) is 9.90 Å². The van der Waals surface area contributed by atoms with Crippen molar-refractivity contribution in [1.82, 2.24) is 19.5 Å². The summed E-state index contributed by atoms with van der Waals surface area (Å²) in [4.78, 5) is 17.8. The van der Waals surface area contributed by atoms with E-state index in [2.05, 4.69) is 66.2 Å². The lowest BCUT2D eigenvalue weighted by atomic mass is 9.87. The van der Waals surface area contributed by atoms with Gasteiger partial charge in [-0.15, -0.1) is 0 Å². The second-order valence-corrected chi connectivity index (χ2v) is 8.27. The Morgan fingerprint density at radius 2 is 1.96 bits per heavy atom. The summed E-state index contributed by atoms with van der Waals surface area (Å²) in [6.45, 7) is 6.36. The number of likely N-dealkylation sites (N-methyl/N-ethyl adjacent to an activating group) is 1. The quantitative estimate of drug-likeness (QED) is 0.727. The maximum absolute atomic E-state index is 11.2. The summed E-state index contributed by atoms with van der Waals surface area (Å²) in [6, 6.07) is 10.7. The molecule has 0 bridgehead atoms. The molecule has 3 aromatic rings. The minimum absolute atomic E-state index is 0.123. The van der Waals surface area contributed by atoms with Crippen molar-refractivity contribution in [3.63, 3.8) is 0 Å². The number of rotatable bonds is 6. The van der Waals surface area contributed by atoms with Gasteiger partial charge in [0.25, 0.3) is 0 Å². The first-order chi connectivity index (χ1) is 12.8. The molecule has 0 radical (unpaired) electrons. The van der Waals surface area contributed by atoms with Crippen LogP contribution in [-0.4, -0.2) is 44.2 Å². The molecular weight excluding hydrogens is 340 g/mol. The van der Waals surface area contributed by atoms with Gasteiger partial charge in [0, 0.05) is 36.5 Å². The van der Waals surface area contributed by atoms with E-state index in [4.69, 9.17) is 0 Å². The number of aromatic carboxylic acids is 1. The topological polar surface area (TPSA) is 70.7 Å². The van der Waals surface area contributed by atoms with Crippen molar-refractivity contribution < 1.29 is 9.90 Å². The normalized spacial score (nSPS) is 20.9. The van der Waals surface area contributed by atoms with Crippen LogP contribution in [0.5, 0.6) is 0 Å². The van der Waals surface area contributed by atoms with Crippen LogP contribution in [-0.2, 0) is 12.0 Å². The van der Waals surface area contributed by atoms with E-state index in [-0.39, 0.29) is 16.4 Å². The zero-order valence-electron chi connectivity index (χ0n) is 15.9. The molecule has 1 unspecified atom stereocenters. The highest BCUT2D eigenvalue weighted by Gasteiger charge is 2.61. The SMILES string of the molecule is CN(Cc1cnc2c(C(=O)O)cnn2c1)CC1(c2ccccc2)CC1(C)C. The van der Waals surface area contributed by atoms with Gasteiger partial charge in [-0.3, -0.25) is 0 Å². The van der Waals surface area contributed by atoms with E-state index in [0.29, 0.717) is 5.65 Å². The number of carboxylic acids is 1. The van der Waals surface area contributed by atoms with Gasteiger partial charge in [0.1, 0.15) is 5.56 Å². The van der Waals surface area contributed by atoms with Crippen LogP contribution in [0, 0.1) is 5.41 Å². The average Bonchev–Trinajstić information content (AvgIpc) is 2.98. The van der Waals surface area contributed by atoms with Crippen molar-refractivity contribution in [3.05, 3.63) is 65.6 Å². The average molecular weight is 364 g/mol. The number of fused-ring (bicyclic) bond motifs is 1. The summed E-state index contributed by atoms with van der Waals surface area (Å²) in [5.74, 6) is -1.01. The maximum Gasteiger partial charge on any atom is 0.341 e. The Morgan fingerprint density at radius 1 is 1.26 bits per heavy atom. The van der Waals surface area contributed by atoms with Crippen molar-refractivity contribution >= 4 is 11.6 Å². The summed E-state index contributed by atoms with van der Waals surface area (Å²) in [7, 11) is 2.12. The number of nitrogens with zero attached hydrogens (tertiary/aromatic N) is 4. The van der Waals surface area contributed by atoms with Crippen molar-refractivity contribution in [2.24, 2.45) is 5.41 Å². The Morgan fingerprint density at radius 3 is 2.59 bits per heavy atom. The number of hydrogen-bond donors (Lipinski definition) is 1. The second kappa shape index (κ2) is 6.16. The first-order valence-electron chi connectivity index (χ1n) is 9.12. The molecule has 140 valence electrons. The van der Waals surface area contributed by atoms with E-state index in [0.717, 1.165) is 18.7 Å². The third-order valence-electron chi connectivity index (χ3n) is 5.87. The van der Waals surface area contributed by atoms with Crippen molar-refractivity contribution in [2.45, 2.75) is 32.2 Å². The Labute approximate surface area is 158 Å². The highest BCUT2D eigenvalue weighted by Crippen LogP contribution is 2.64. The number of aromatic nitrogens is 3. The third kappa shape index (κ3) is 3.00. The van der Waals surface area contributed by atoms with Crippen LogP contribution in [0.1, 0.15) is 41.8 Å². The van der Waals surface area contributed by atoms with Crippen LogP contribution in [0.25, 0.3) is 5.65 Å². The predicted molar refractivity (Wildman–Crippen MR) is 103 cm³/mol. The number of carboxylic acid groups (broad SMARTS) is 1. The molecule has 1 fully saturated rings. The molecule has 6 nitrogen and oxygen atoms in total. The molecule has 1 aromatic carbocycles. The molecule has 0 aliphatic heterocycles. The van der Waals surface area contributed by atoms with E-state index < -0.39 is 5.97 Å². The molecule has 4 rings (SSSR count). The van der Waals surface area contributed by atoms with E-state index >= 15 is 0 Å². The molecule has 1 N–H and O–H groups in total. The summed E-state index contributed by atoms with van der Waals surface area (Å²) in [5, 5.41) is 13.3. The fourth-order valence-corrected chi connectivity index (χ4v) is 4.30. The van der Waals surface area contributed by atoms with Crippen LogP contribution < -0.4 is 0 Å². The van der Waals surface area contributed by atoms with Crippen LogP contribution in [0.3, 0.4) is 0 Å². The number of carbonyl (C=O) groups is 1. The molecule has 1 saturated carbocycles. The van der Waals surface area contributed by atoms with E-state index in [1.165, 1.54) is 18.2 Å². The molecule has 1 atom stereocenters. The van der Waals surface area contributed by atoms with Gasteiger partial charge in [-0.1, -0.05) is 44.2 Å². The molecule has 0 amide bonds. The smallest absolute Gasteiger partial charge is 0.341 e. The Kier molecular flexibility index (Phi) is 4.03. The summed E-state index contributed by atoms with van der Waals surface area (Å²) in [6.07, 6.45) is 6.12. The zero-order valence-corrected chi connectivity index (χ0v) is 15.9. The monoisotopic (exact) mass is 364 g/mol. The van der Waals surface area contributed by atoms with Crippen LogP contribution >= 0.6 is 0 Å². The number of benzene rings is 1. The highest BCUT2D eigenvalue weighted by molar-refractivity contribution is 5.93. The van der Waals surface area contributed by atoms with Gasteiger partial charge in [0.05, 0.1) is 6.20 Å². The Balaban J connectivity index is 1.53. The van der Waals surface area contributed by atoms with Crippen LogP contribution in [0.4, 0.5) is 0 Å². The van der Waals surface area contributed by atoms with Crippen LogP contribution in [0.15, 0.2) is 48.9 Å². The van der Waals surface area contributed by atoms with Crippen LogP contribution in [0.2, 0.25) is 0 Å². The lowest BCUT2D eigenvalue weighted by Gasteiger charge is -2.27. The Bertz CT molecular complexity index is 996. The van der Waals surface area contributed by atoms with Crippen molar-refractivity contribution in [2.75, 3.05) is 13.6 Å². The molecule has 2 heterocycles. The molecule has 1 aliphatic carbocycles. The van der Waals surface area contributed by atoms with Gasteiger partial charge in [0.15, 0.2) is 5.65 Å². The molecular formula is C21H24N4O2. The second-order valence-electron chi connectivity index (χ2n) is 8.27. The minimum Gasteiger partial charge on any atom is -0.477 e. The van der Waals surface area contributed by atoms with Gasteiger partial charge in [-0.05, 0) is 24.4 Å². The standard InChI is InChI=1S/C21H24N4O2/c1-20(2)13-21(20,16-7-5-4-6-8-16)14-24(3)11-15-9-22-18-17(19(26)27)10-23-25(18)12-15/h4-10,12H,11,13-14H2,1-3H3,(H,26,27). The van der Waals surface area contributed by atoms with Crippen molar-refractivity contribution in [1.29, 1.82) is 0 Å². The Hall–Kier alpha value is -2.73. The van der Waals surface area contributed by atoms with Gasteiger partial charge < -0.3 is 10.0 Å². The minimum atomic E-state index is -1.01. The molecule has 27 heavy (non-hydrogen) atoms. The van der Waals surface area contributed by atoms with E-state index in [1.807, 2.05) is 6.20 Å². The summed E-state index contributed by atoms with van der Waals surface area (Å²) >= 11 is 0. The lowest BCUT2D eigenvalue weighted by Crippen LogP contribution is -2.32. The first-order valence-corrected chi connectivity index (χ1v) is 9.12. The third-order valence-corrected chi connectivity index (χ3v) is 5.87. The molecule has 1 aliphatic rings. The predicted octanol–water partition coefficient (Wildman–Crippen LogP) is 3.23. The molecule has 6 heteroatoms. The fourth-order valence-electron chi connectivity index (χ4n) is 4.30.